The van der Waals surface area contributed by atoms with Crippen LogP contribution in [0.2, 0.25) is 0 Å². The Bertz CT molecular complexity index is 861. The third-order valence-electron chi connectivity index (χ3n) is 6.61. The van der Waals surface area contributed by atoms with Gasteiger partial charge in [0.1, 0.15) is 0 Å². The molecule has 2 N–H and O–H groups in total. The van der Waals surface area contributed by atoms with Crippen molar-refractivity contribution in [2.75, 3.05) is 32.7 Å². The first-order chi connectivity index (χ1) is 14.5. The quantitative estimate of drug-likeness (QED) is 0.608. The Balaban J connectivity index is 1.58. The predicted octanol–water partition coefficient (Wildman–Crippen LogP) is 5.08. The highest BCUT2D eigenvalue weighted by molar-refractivity contribution is 7.10. The molecule has 1 unspecified atom stereocenters. The van der Waals surface area contributed by atoms with Gasteiger partial charge >= 0.3 is 0 Å². The molecule has 1 atom stereocenters. The maximum atomic E-state index is 13.3. The van der Waals surface area contributed by atoms with Crippen LogP contribution in [0.3, 0.4) is 0 Å². The molecule has 1 aromatic heterocycles. The first-order valence-electron chi connectivity index (χ1n) is 11.1. The van der Waals surface area contributed by atoms with Crippen molar-refractivity contribution in [3.05, 3.63) is 44.3 Å². The number of dihydropyridines is 1. The first-order valence-corrected chi connectivity index (χ1v) is 12.0. The number of rotatable bonds is 7. The van der Waals surface area contributed by atoms with Gasteiger partial charge in [-0.2, -0.15) is 0 Å². The molecule has 1 saturated heterocycles. The van der Waals surface area contributed by atoms with Gasteiger partial charge in [-0.25, -0.2) is 8.78 Å². The number of nitrogens with one attached hydrogen (secondary N) is 2. The van der Waals surface area contributed by atoms with Gasteiger partial charge in [-0.15, -0.1) is 11.3 Å². The fourth-order valence-corrected chi connectivity index (χ4v) is 5.89. The number of piperidine rings is 1. The van der Waals surface area contributed by atoms with E-state index in [4.69, 9.17) is 0 Å². The van der Waals surface area contributed by atoms with Crippen LogP contribution in [-0.2, 0) is 0 Å². The molecule has 31 heavy (non-hydrogen) atoms. The fourth-order valence-electron chi connectivity index (χ4n) is 4.67. The Hall–Kier alpha value is -1.73. The van der Waals surface area contributed by atoms with Crippen molar-refractivity contribution in [2.45, 2.75) is 59.3 Å². The van der Waals surface area contributed by atoms with Crippen LogP contribution in [-0.4, -0.2) is 49.5 Å². The molecule has 1 amide bonds. The van der Waals surface area contributed by atoms with E-state index in [0.717, 1.165) is 43.1 Å². The maximum Gasteiger partial charge on any atom is 0.257 e. The van der Waals surface area contributed by atoms with Gasteiger partial charge in [-0.05, 0) is 81.3 Å². The van der Waals surface area contributed by atoms with Crippen LogP contribution in [0.15, 0.2) is 28.3 Å². The van der Waals surface area contributed by atoms with Gasteiger partial charge in [0.15, 0.2) is 0 Å². The molecule has 1 fully saturated rings. The average Bonchev–Trinajstić information content (AvgIpc) is 3.07. The van der Waals surface area contributed by atoms with Crippen LogP contribution >= 0.6 is 11.3 Å². The second-order valence-corrected chi connectivity index (χ2v) is 10.2. The number of hydrogen-bond donors (Lipinski definition) is 2. The van der Waals surface area contributed by atoms with E-state index in [-0.39, 0.29) is 12.5 Å². The minimum atomic E-state index is -2.64. The molecule has 0 saturated carbocycles. The summed E-state index contributed by atoms with van der Waals surface area (Å²) in [4.78, 5) is 15.9. The van der Waals surface area contributed by atoms with Crippen LogP contribution in [0.25, 0.3) is 0 Å². The van der Waals surface area contributed by atoms with E-state index in [1.165, 1.54) is 16.0 Å². The second kappa shape index (κ2) is 9.82. The average molecular weight is 452 g/mol. The van der Waals surface area contributed by atoms with E-state index in [1.807, 2.05) is 24.1 Å². The van der Waals surface area contributed by atoms with Crippen molar-refractivity contribution in [3.8, 4) is 0 Å². The molecule has 1 aromatic rings. The number of halogens is 2. The normalized spacial score (nSPS) is 19.8. The van der Waals surface area contributed by atoms with E-state index in [9.17, 15) is 13.6 Å². The Morgan fingerprint density at radius 1 is 1.32 bits per heavy atom. The van der Waals surface area contributed by atoms with Gasteiger partial charge in [0.25, 0.3) is 11.8 Å². The number of allylic oxidation sites excluding steroid dienone is 3. The molecular formula is C24H35F2N3OS. The molecule has 3 rings (SSSR count). The summed E-state index contributed by atoms with van der Waals surface area (Å²) < 4.78 is 26.6. The Labute approximate surface area is 188 Å². The van der Waals surface area contributed by atoms with Gasteiger partial charge in [0.2, 0.25) is 0 Å². The van der Waals surface area contributed by atoms with Crippen molar-refractivity contribution in [1.82, 2.24) is 15.5 Å². The van der Waals surface area contributed by atoms with Crippen LogP contribution < -0.4 is 10.6 Å². The van der Waals surface area contributed by atoms with Crippen LogP contribution in [0.1, 0.15) is 67.3 Å². The summed E-state index contributed by atoms with van der Waals surface area (Å²) in [6, 6.07) is 0. The highest BCUT2D eigenvalue weighted by Crippen LogP contribution is 2.38. The molecule has 172 valence electrons. The van der Waals surface area contributed by atoms with E-state index in [1.54, 1.807) is 11.3 Å². The number of nitrogens with zero attached hydrogens (tertiary/aromatic N) is 1. The maximum absolute atomic E-state index is 13.3. The smallest absolute Gasteiger partial charge is 0.257 e. The molecule has 2 aliphatic heterocycles. The zero-order chi connectivity index (χ0) is 22.8. The second-order valence-electron chi connectivity index (χ2n) is 9.26. The van der Waals surface area contributed by atoms with Crippen molar-refractivity contribution >= 4 is 17.2 Å². The molecular weight excluding hydrogens is 416 g/mol. The zero-order valence-electron chi connectivity index (χ0n) is 19.3. The topological polar surface area (TPSA) is 44.4 Å². The molecule has 7 heteroatoms. The number of thiophene rings is 1. The van der Waals surface area contributed by atoms with Crippen molar-refractivity contribution < 1.29 is 13.6 Å². The van der Waals surface area contributed by atoms with Crippen LogP contribution in [0.5, 0.6) is 0 Å². The lowest BCUT2D eigenvalue weighted by atomic mass is 9.83. The largest absolute Gasteiger partial charge is 0.385 e. The van der Waals surface area contributed by atoms with Gasteiger partial charge in [-0.3, -0.25) is 9.69 Å². The molecule has 2 aliphatic rings. The molecule has 4 nitrogen and oxygen atoms in total. The number of alkyl halides is 2. The van der Waals surface area contributed by atoms with E-state index >= 15 is 0 Å². The number of amides is 1. The monoisotopic (exact) mass is 451 g/mol. The summed E-state index contributed by atoms with van der Waals surface area (Å²) >= 11 is 1.65. The number of carbonyl (C=O) groups is 1. The predicted molar refractivity (Wildman–Crippen MR) is 124 cm³/mol. The van der Waals surface area contributed by atoms with E-state index in [0.29, 0.717) is 31.5 Å². The molecule has 0 spiro atoms. The SMILES string of the molecule is CC1=CC(C)=C(CNC(=O)c2csc(C(C)C3CCN(CC(C)(F)F)CC3)c2C)CN1. The third-order valence-corrected chi connectivity index (χ3v) is 7.90. The Kier molecular flexibility index (Phi) is 7.58. The minimum Gasteiger partial charge on any atom is -0.385 e. The van der Waals surface area contributed by atoms with E-state index in [2.05, 4.69) is 30.6 Å². The summed E-state index contributed by atoms with van der Waals surface area (Å²) in [5.41, 5.74) is 5.36. The van der Waals surface area contributed by atoms with Gasteiger partial charge in [0, 0.05) is 36.0 Å². The Morgan fingerprint density at radius 2 is 2.00 bits per heavy atom. The van der Waals surface area contributed by atoms with Crippen molar-refractivity contribution in [1.29, 1.82) is 0 Å². The summed E-state index contributed by atoms with van der Waals surface area (Å²) in [6.07, 6.45) is 3.94. The molecule has 0 bridgehead atoms. The summed E-state index contributed by atoms with van der Waals surface area (Å²) in [6.45, 7) is 11.9. The lowest BCUT2D eigenvalue weighted by Crippen LogP contribution is -2.41. The third kappa shape index (κ3) is 6.16. The minimum absolute atomic E-state index is 0.0289. The fraction of sp³-hybridized carbons (Fsp3) is 0.625. The summed E-state index contributed by atoms with van der Waals surface area (Å²) in [5.74, 6) is -1.87. The van der Waals surface area contributed by atoms with E-state index < -0.39 is 5.92 Å². The molecule has 3 heterocycles. The van der Waals surface area contributed by atoms with Crippen molar-refractivity contribution in [3.63, 3.8) is 0 Å². The number of likely N-dealkylation sites (tertiary alicyclic amines) is 1. The lowest BCUT2D eigenvalue weighted by Gasteiger charge is -2.35. The Morgan fingerprint density at radius 3 is 2.61 bits per heavy atom. The molecule has 0 aliphatic carbocycles. The van der Waals surface area contributed by atoms with Crippen LogP contribution in [0, 0.1) is 12.8 Å². The van der Waals surface area contributed by atoms with Gasteiger partial charge < -0.3 is 10.6 Å². The number of carbonyl (C=O) groups excluding carboxylic acids is 1. The first kappa shape index (κ1) is 23.9. The highest BCUT2D eigenvalue weighted by atomic mass is 32.1. The number of hydrogen-bond acceptors (Lipinski definition) is 4. The summed E-state index contributed by atoms with van der Waals surface area (Å²) in [7, 11) is 0. The molecule has 0 aromatic carbocycles. The highest BCUT2D eigenvalue weighted by Gasteiger charge is 2.31. The standard InChI is InChI=1S/C24H35F2N3OS/c1-15-10-16(2)27-11-20(15)12-28-23(30)21-13-31-22(18(21)4)17(3)19-6-8-29(9-7-19)14-24(5,25)26/h10,13,17,19,27H,6-9,11-12,14H2,1-5H3,(H,28,30). The summed E-state index contributed by atoms with van der Waals surface area (Å²) in [5, 5.41) is 8.36. The lowest BCUT2D eigenvalue weighted by molar-refractivity contribution is -0.0230. The van der Waals surface area contributed by atoms with Crippen molar-refractivity contribution in [2.24, 2.45) is 5.92 Å². The van der Waals surface area contributed by atoms with Gasteiger partial charge in [0.05, 0.1) is 12.1 Å². The molecule has 0 radical (unpaired) electrons. The zero-order valence-corrected chi connectivity index (χ0v) is 20.1. The van der Waals surface area contributed by atoms with Gasteiger partial charge in [-0.1, -0.05) is 6.92 Å². The van der Waals surface area contributed by atoms with Crippen LogP contribution in [0.4, 0.5) is 8.78 Å².